The van der Waals surface area contributed by atoms with E-state index in [1.807, 2.05) is 19.1 Å². The summed E-state index contributed by atoms with van der Waals surface area (Å²) in [7, 11) is -3.78. The van der Waals surface area contributed by atoms with E-state index < -0.39 is 15.8 Å². The minimum absolute atomic E-state index is 0.0440. The fourth-order valence-electron chi connectivity index (χ4n) is 4.10. The van der Waals surface area contributed by atoms with Crippen LogP contribution in [0.2, 0.25) is 5.02 Å². The number of fused-ring (bicyclic) bond motifs is 1. The summed E-state index contributed by atoms with van der Waals surface area (Å²) in [5, 5.41) is 3.90. The molecule has 9 heteroatoms. The van der Waals surface area contributed by atoms with Crippen molar-refractivity contribution in [3.63, 3.8) is 0 Å². The van der Waals surface area contributed by atoms with Gasteiger partial charge in [0.2, 0.25) is 15.9 Å². The van der Waals surface area contributed by atoms with Gasteiger partial charge < -0.3 is 10.3 Å². The van der Waals surface area contributed by atoms with Crippen LogP contribution in [0.4, 0.5) is 4.39 Å². The fourth-order valence-corrected chi connectivity index (χ4v) is 5.84. The van der Waals surface area contributed by atoms with Crippen LogP contribution in [0.5, 0.6) is 0 Å². The van der Waals surface area contributed by atoms with Gasteiger partial charge in [0.15, 0.2) is 0 Å². The lowest BCUT2D eigenvalue weighted by Crippen LogP contribution is -2.42. The molecule has 2 aromatic carbocycles. The molecule has 0 unspecified atom stereocenters. The van der Waals surface area contributed by atoms with E-state index in [0.29, 0.717) is 19.4 Å². The number of aromatic amines is 1. The van der Waals surface area contributed by atoms with E-state index in [9.17, 15) is 17.6 Å². The lowest BCUT2D eigenvalue weighted by molar-refractivity contribution is -0.126. The van der Waals surface area contributed by atoms with Crippen molar-refractivity contribution in [1.29, 1.82) is 0 Å². The van der Waals surface area contributed by atoms with Crippen LogP contribution in [0.1, 0.15) is 29.7 Å². The largest absolute Gasteiger partial charge is 0.358 e. The van der Waals surface area contributed by atoms with Crippen molar-refractivity contribution in [3.05, 3.63) is 64.1 Å². The fraction of sp³-hybridized carbons (Fsp3) is 0.348. The summed E-state index contributed by atoms with van der Waals surface area (Å²) in [6.45, 7) is 4.98. The molecule has 6 nitrogen and oxygen atoms in total. The molecule has 1 aliphatic rings. The number of amides is 1. The number of nitrogens with one attached hydrogen (secondary N) is 2. The third kappa shape index (κ3) is 4.40. The average Bonchev–Trinajstić information content (AvgIpc) is 3.07. The molecule has 2 N–H and O–H groups in total. The molecule has 0 spiro atoms. The van der Waals surface area contributed by atoms with Gasteiger partial charge >= 0.3 is 0 Å². The summed E-state index contributed by atoms with van der Waals surface area (Å²) >= 11 is 5.74. The number of benzene rings is 2. The molecular weight excluding hydrogens is 453 g/mol. The predicted molar refractivity (Wildman–Crippen MR) is 123 cm³/mol. The molecule has 0 atom stereocenters. The Morgan fingerprint density at radius 1 is 1.19 bits per heavy atom. The van der Waals surface area contributed by atoms with Crippen LogP contribution in [0, 0.1) is 25.6 Å². The summed E-state index contributed by atoms with van der Waals surface area (Å²) in [6, 6.07) is 9.46. The van der Waals surface area contributed by atoms with E-state index in [1.165, 1.54) is 15.9 Å². The van der Waals surface area contributed by atoms with Crippen molar-refractivity contribution in [1.82, 2.24) is 14.6 Å². The Morgan fingerprint density at radius 2 is 1.91 bits per heavy atom. The molecule has 1 amide bonds. The third-order valence-corrected chi connectivity index (χ3v) is 8.38. The first-order valence-corrected chi connectivity index (χ1v) is 12.3. The number of hydrogen-bond donors (Lipinski definition) is 2. The highest BCUT2D eigenvalue weighted by Crippen LogP contribution is 2.27. The van der Waals surface area contributed by atoms with Crippen LogP contribution in [-0.4, -0.2) is 36.7 Å². The van der Waals surface area contributed by atoms with Crippen LogP contribution >= 0.6 is 11.6 Å². The van der Waals surface area contributed by atoms with E-state index in [1.54, 1.807) is 0 Å². The number of piperidine rings is 1. The van der Waals surface area contributed by atoms with Gasteiger partial charge in [-0.1, -0.05) is 17.7 Å². The summed E-state index contributed by atoms with van der Waals surface area (Å²) < 4.78 is 40.3. The van der Waals surface area contributed by atoms with Crippen LogP contribution < -0.4 is 5.32 Å². The highest BCUT2D eigenvalue weighted by molar-refractivity contribution is 7.89. The van der Waals surface area contributed by atoms with Crippen molar-refractivity contribution in [2.75, 3.05) is 13.1 Å². The van der Waals surface area contributed by atoms with Gasteiger partial charge in [-0.3, -0.25) is 4.79 Å². The topological polar surface area (TPSA) is 82.3 Å². The normalized spacial score (nSPS) is 15.9. The first kappa shape index (κ1) is 22.8. The molecule has 170 valence electrons. The van der Waals surface area contributed by atoms with Gasteiger partial charge in [-0.05, 0) is 68.1 Å². The lowest BCUT2D eigenvalue weighted by atomic mass is 9.97. The van der Waals surface area contributed by atoms with Gasteiger partial charge in [0.25, 0.3) is 0 Å². The first-order chi connectivity index (χ1) is 15.2. The monoisotopic (exact) mass is 477 g/mol. The van der Waals surface area contributed by atoms with Gasteiger partial charge in [-0.25, -0.2) is 12.8 Å². The Morgan fingerprint density at radius 3 is 2.59 bits per heavy atom. The van der Waals surface area contributed by atoms with Crippen molar-refractivity contribution in [3.8, 4) is 0 Å². The minimum Gasteiger partial charge on any atom is -0.358 e. The maximum Gasteiger partial charge on any atom is 0.243 e. The summed E-state index contributed by atoms with van der Waals surface area (Å²) in [6.07, 6.45) is 0.851. The minimum atomic E-state index is -3.78. The number of nitrogens with zero attached hydrogens (tertiary/aromatic N) is 1. The van der Waals surface area contributed by atoms with E-state index in [0.717, 1.165) is 34.3 Å². The maximum atomic E-state index is 13.4. The number of aromatic nitrogens is 1. The zero-order chi connectivity index (χ0) is 23.0. The quantitative estimate of drug-likeness (QED) is 0.575. The second-order valence-corrected chi connectivity index (χ2v) is 10.6. The summed E-state index contributed by atoms with van der Waals surface area (Å²) in [4.78, 5) is 16.0. The van der Waals surface area contributed by atoms with Gasteiger partial charge in [-0.2, -0.15) is 4.31 Å². The van der Waals surface area contributed by atoms with Crippen molar-refractivity contribution < 1.29 is 17.6 Å². The molecule has 3 aromatic rings. The molecule has 0 bridgehead atoms. The number of H-pyrrole nitrogens is 1. The van der Waals surface area contributed by atoms with Crippen molar-refractivity contribution in [2.45, 2.75) is 38.1 Å². The molecule has 4 rings (SSSR count). The first-order valence-electron chi connectivity index (χ1n) is 10.5. The SMILES string of the molecule is Cc1[nH]c2ccc(CNC(=O)C3CCN(S(=O)(=O)c4ccc(F)c(Cl)c4)CC3)cc2c1C. The molecular formula is C23H25ClFN3O3S. The smallest absolute Gasteiger partial charge is 0.243 e. The van der Waals surface area contributed by atoms with Crippen LogP contribution in [-0.2, 0) is 21.4 Å². The highest BCUT2D eigenvalue weighted by Gasteiger charge is 2.32. The molecule has 1 aliphatic heterocycles. The lowest BCUT2D eigenvalue weighted by Gasteiger charge is -2.30. The van der Waals surface area contributed by atoms with Gasteiger partial charge in [-0.15, -0.1) is 0 Å². The standard InChI is InChI=1S/C23H25ClFN3O3S/c1-14-15(2)27-22-6-3-16(11-19(14)22)13-26-23(29)17-7-9-28(10-8-17)32(30,31)18-4-5-21(25)20(24)12-18/h3-6,11-12,17,27H,7-10,13H2,1-2H3,(H,26,29). The molecule has 2 heterocycles. The van der Waals surface area contributed by atoms with E-state index in [4.69, 9.17) is 11.6 Å². The average molecular weight is 478 g/mol. The maximum absolute atomic E-state index is 13.4. The number of carbonyl (C=O) groups excluding carboxylic acids is 1. The second kappa shape index (κ2) is 8.84. The van der Waals surface area contributed by atoms with Crippen LogP contribution in [0.15, 0.2) is 41.3 Å². The molecule has 0 saturated carbocycles. The molecule has 1 fully saturated rings. The number of aryl methyl sites for hydroxylation is 2. The number of sulfonamides is 1. The third-order valence-electron chi connectivity index (χ3n) is 6.19. The van der Waals surface area contributed by atoms with Gasteiger partial charge in [0.1, 0.15) is 5.82 Å². The highest BCUT2D eigenvalue weighted by atomic mass is 35.5. The Labute approximate surface area is 191 Å². The molecule has 0 radical (unpaired) electrons. The predicted octanol–water partition coefficient (Wildman–Crippen LogP) is 4.29. The number of carbonyl (C=O) groups is 1. The molecule has 1 aromatic heterocycles. The summed E-state index contributed by atoms with van der Waals surface area (Å²) in [5.74, 6) is -0.992. The molecule has 32 heavy (non-hydrogen) atoms. The second-order valence-electron chi connectivity index (χ2n) is 8.23. The van der Waals surface area contributed by atoms with Gasteiger partial charge in [0.05, 0.1) is 9.92 Å². The summed E-state index contributed by atoms with van der Waals surface area (Å²) in [5.41, 5.74) is 4.42. The molecule has 0 aliphatic carbocycles. The Hall–Kier alpha value is -2.42. The van der Waals surface area contributed by atoms with Gasteiger partial charge in [0, 0.05) is 42.1 Å². The van der Waals surface area contributed by atoms with E-state index in [-0.39, 0.29) is 34.8 Å². The molecule has 1 saturated heterocycles. The number of rotatable bonds is 5. The Bertz CT molecular complexity index is 1280. The van der Waals surface area contributed by atoms with E-state index in [2.05, 4.69) is 23.3 Å². The van der Waals surface area contributed by atoms with E-state index >= 15 is 0 Å². The van der Waals surface area contributed by atoms with Crippen molar-refractivity contribution in [2.24, 2.45) is 5.92 Å². The number of hydrogen-bond acceptors (Lipinski definition) is 3. The Balaban J connectivity index is 1.35. The number of halogens is 2. The van der Waals surface area contributed by atoms with Crippen LogP contribution in [0.3, 0.4) is 0 Å². The van der Waals surface area contributed by atoms with Crippen LogP contribution in [0.25, 0.3) is 10.9 Å². The Kier molecular flexibility index (Phi) is 6.29. The zero-order valence-corrected chi connectivity index (χ0v) is 19.5. The van der Waals surface area contributed by atoms with Crippen molar-refractivity contribution >= 4 is 38.4 Å². The zero-order valence-electron chi connectivity index (χ0n) is 17.9.